The Kier molecular flexibility index (Phi) is 4.76. The van der Waals surface area contributed by atoms with Crippen molar-refractivity contribution in [2.45, 2.75) is 33.2 Å². The van der Waals surface area contributed by atoms with E-state index < -0.39 is 0 Å². The lowest BCUT2D eigenvalue weighted by Crippen LogP contribution is -2.43. The van der Waals surface area contributed by atoms with Crippen LogP contribution in [0.5, 0.6) is 0 Å². The first-order valence-electron chi connectivity index (χ1n) is 8.35. The molecule has 0 spiro atoms. The number of ether oxygens (including phenoxy) is 1. The van der Waals surface area contributed by atoms with E-state index in [1.807, 2.05) is 26.0 Å². The maximum Gasteiger partial charge on any atom is 0.263 e. The minimum Gasteiger partial charge on any atom is -0.379 e. The van der Waals surface area contributed by atoms with E-state index in [2.05, 4.69) is 10.5 Å². The highest BCUT2D eigenvalue weighted by Gasteiger charge is 2.32. The van der Waals surface area contributed by atoms with Gasteiger partial charge in [-0.05, 0) is 32.4 Å². The number of pyridine rings is 1. The molecule has 0 saturated carbocycles. The van der Waals surface area contributed by atoms with E-state index in [0.29, 0.717) is 25.2 Å². The molecule has 1 fully saturated rings. The number of nitrogens with one attached hydrogen (secondary N) is 1. The summed E-state index contributed by atoms with van der Waals surface area (Å²) in [5, 5.41) is 6.85. The quantitative estimate of drug-likeness (QED) is 0.902. The molecule has 1 amide bonds. The number of hydrogen-bond acceptors (Lipinski definition) is 5. The molecule has 2 atom stereocenters. The Balaban J connectivity index is 1.76. The Morgan fingerprint density at radius 1 is 1.32 bits per heavy atom. The summed E-state index contributed by atoms with van der Waals surface area (Å²) >= 11 is 0. The van der Waals surface area contributed by atoms with Crippen LogP contribution >= 0.6 is 0 Å². The fourth-order valence-corrected chi connectivity index (χ4v) is 3.23. The summed E-state index contributed by atoms with van der Waals surface area (Å²) in [6, 6.07) is 3.57. The lowest BCUT2D eigenvalue weighted by molar-refractivity contribution is 0.0921. The van der Waals surface area contributed by atoms with Crippen molar-refractivity contribution in [3.05, 3.63) is 50.8 Å². The fraction of sp³-hybridized carbons (Fsp3) is 0.500. The number of carbonyl (C=O) groups excluding carboxylic acids is 1. The SMILES string of the molecule is Cc1cc(C[C@H]2COC[C@H]2NC(=O)c2c(C)cc(C)n(C)c2=O)on1. The molecule has 0 aromatic carbocycles. The third kappa shape index (κ3) is 3.51. The van der Waals surface area contributed by atoms with Gasteiger partial charge in [-0.3, -0.25) is 9.59 Å². The molecule has 0 radical (unpaired) electrons. The van der Waals surface area contributed by atoms with Crippen LogP contribution < -0.4 is 10.9 Å². The largest absolute Gasteiger partial charge is 0.379 e. The van der Waals surface area contributed by atoms with Crippen LogP contribution in [0.4, 0.5) is 0 Å². The molecule has 1 aliphatic rings. The molecule has 0 unspecified atom stereocenters. The van der Waals surface area contributed by atoms with Crippen molar-refractivity contribution in [1.29, 1.82) is 0 Å². The molecular weight excluding hydrogens is 322 g/mol. The Hall–Kier alpha value is -2.41. The predicted octanol–water partition coefficient (Wildman–Crippen LogP) is 1.29. The zero-order valence-electron chi connectivity index (χ0n) is 15.0. The van der Waals surface area contributed by atoms with Gasteiger partial charge in [0.25, 0.3) is 11.5 Å². The molecule has 1 N–H and O–H groups in total. The Morgan fingerprint density at radius 3 is 2.76 bits per heavy atom. The Bertz CT molecular complexity index is 852. The van der Waals surface area contributed by atoms with Crippen LogP contribution in [0.3, 0.4) is 0 Å². The minimum absolute atomic E-state index is 0.0888. The van der Waals surface area contributed by atoms with E-state index in [1.165, 1.54) is 4.57 Å². The van der Waals surface area contributed by atoms with Gasteiger partial charge >= 0.3 is 0 Å². The average Bonchev–Trinajstić information content (AvgIpc) is 3.15. The summed E-state index contributed by atoms with van der Waals surface area (Å²) in [5.41, 5.74) is 2.24. The molecular formula is C18H23N3O4. The lowest BCUT2D eigenvalue weighted by Gasteiger charge is -2.19. The van der Waals surface area contributed by atoms with Gasteiger partial charge in [0.2, 0.25) is 0 Å². The van der Waals surface area contributed by atoms with Crippen molar-refractivity contribution in [2.24, 2.45) is 13.0 Å². The molecule has 3 rings (SSSR count). The maximum absolute atomic E-state index is 12.7. The minimum atomic E-state index is -0.354. The van der Waals surface area contributed by atoms with Crippen LogP contribution in [0.2, 0.25) is 0 Å². The Labute approximate surface area is 146 Å². The van der Waals surface area contributed by atoms with Crippen LogP contribution in [0.15, 0.2) is 21.5 Å². The van der Waals surface area contributed by atoms with Gasteiger partial charge in [-0.25, -0.2) is 0 Å². The van der Waals surface area contributed by atoms with Crippen LogP contribution in [0, 0.1) is 26.7 Å². The van der Waals surface area contributed by atoms with Crippen molar-refractivity contribution in [3.63, 3.8) is 0 Å². The highest BCUT2D eigenvalue weighted by atomic mass is 16.5. The number of hydrogen-bond donors (Lipinski definition) is 1. The van der Waals surface area contributed by atoms with Gasteiger partial charge in [-0.1, -0.05) is 5.16 Å². The number of carbonyl (C=O) groups is 1. The van der Waals surface area contributed by atoms with Gasteiger partial charge in [0.15, 0.2) is 0 Å². The van der Waals surface area contributed by atoms with Gasteiger partial charge in [0, 0.05) is 31.1 Å². The highest BCUT2D eigenvalue weighted by Crippen LogP contribution is 2.20. The van der Waals surface area contributed by atoms with Crippen molar-refractivity contribution >= 4 is 5.91 Å². The molecule has 7 heteroatoms. The summed E-state index contributed by atoms with van der Waals surface area (Å²) in [5.74, 6) is 0.507. The number of rotatable bonds is 4. The second-order valence-electron chi connectivity index (χ2n) is 6.72. The van der Waals surface area contributed by atoms with E-state index in [1.54, 1.807) is 14.0 Å². The third-order valence-electron chi connectivity index (χ3n) is 4.75. The normalized spacial score (nSPS) is 20.0. The monoisotopic (exact) mass is 345 g/mol. The van der Waals surface area contributed by atoms with E-state index in [4.69, 9.17) is 9.26 Å². The van der Waals surface area contributed by atoms with E-state index >= 15 is 0 Å². The van der Waals surface area contributed by atoms with Crippen molar-refractivity contribution in [1.82, 2.24) is 15.0 Å². The summed E-state index contributed by atoms with van der Waals surface area (Å²) < 4.78 is 12.3. The van der Waals surface area contributed by atoms with E-state index in [-0.39, 0.29) is 29.0 Å². The zero-order valence-corrected chi connectivity index (χ0v) is 15.0. The highest BCUT2D eigenvalue weighted by molar-refractivity contribution is 5.95. The fourth-order valence-electron chi connectivity index (χ4n) is 3.23. The van der Waals surface area contributed by atoms with Crippen LogP contribution in [0.1, 0.15) is 33.1 Å². The van der Waals surface area contributed by atoms with Crippen molar-refractivity contribution < 1.29 is 14.1 Å². The second-order valence-corrected chi connectivity index (χ2v) is 6.72. The first kappa shape index (κ1) is 17.4. The maximum atomic E-state index is 12.7. The first-order chi connectivity index (χ1) is 11.9. The molecule has 25 heavy (non-hydrogen) atoms. The smallest absolute Gasteiger partial charge is 0.263 e. The van der Waals surface area contributed by atoms with Crippen molar-refractivity contribution in [3.8, 4) is 0 Å². The Morgan fingerprint density at radius 2 is 2.08 bits per heavy atom. The molecule has 7 nitrogen and oxygen atoms in total. The number of amides is 1. The molecule has 0 bridgehead atoms. The first-order valence-corrected chi connectivity index (χ1v) is 8.35. The van der Waals surface area contributed by atoms with Crippen LogP contribution in [-0.2, 0) is 18.2 Å². The van der Waals surface area contributed by atoms with Crippen molar-refractivity contribution in [2.75, 3.05) is 13.2 Å². The zero-order chi connectivity index (χ0) is 18.1. The van der Waals surface area contributed by atoms with Crippen LogP contribution in [0.25, 0.3) is 0 Å². The summed E-state index contributed by atoms with van der Waals surface area (Å²) in [4.78, 5) is 25.1. The number of aromatic nitrogens is 2. The molecule has 0 aliphatic carbocycles. The van der Waals surface area contributed by atoms with Gasteiger partial charge < -0.3 is 19.1 Å². The lowest BCUT2D eigenvalue weighted by atomic mass is 9.97. The molecule has 2 aromatic heterocycles. The second kappa shape index (κ2) is 6.84. The van der Waals surface area contributed by atoms with Gasteiger partial charge in [-0.2, -0.15) is 0 Å². The predicted molar refractivity (Wildman–Crippen MR) is 91.7 cm³/mol. The summed E-state index contributed by atoms with van der Waals surface area (Å²) in [6.07, 6.45) is 0.636. The topological polar surface area (TPSA) is 86.4 Å². The van der Waals surface area contributed by atoms with Gasteiger partial charge in [-0.15, -0.1) is 0 Å². The summed E-state index contributed by atoms with van der Waals surface area (Å²) in [6.45, 7) is 6.46. The van der Waals surface area contributed by atoms with Crippen LogP contribution in [-0.4, -0.2) is 34.9 Å². The van der Waals surface area contributed by atoms with Gasteiger partial charge in [0.05, 0.1) is 24.9 Å². The average molecular weight is 345 g/mol. The van der Waals surface area contributed by atoms with E-state index in [0.717, 1.165) is 17.1 Å². The summed E-state index contributed by atoms with van der Waals surface area (Å²) in [7, 11) is 1.67. The van der Waals surface area contributed by atoms with E-state index in [9.17, 15) is 9.59 Å². The number of nitrogens with zero attached hydrogens (tertiary/aromatic N) is 2. The molecule has 1 saturated heterocycles. The van der Waals surface area contributed by atoms with Gasteiger partial charge in [0.1, 0.15) is 11.3 Å². The molecule has 2 aromatic rings. The standard InChI is InChI=1S/C18H23N3O4/c1-10-5-12(3)21(4)18(23)16(10)17(22)19-15-9-24-8-13(15)7-14-6-11(2)20-25-14/h5-6,13,15H,7-9H2,1-4H3,(H,19,22)/t13-,15+/m0/s1. The molecule has 1 aliphatic heterocycles. The third-order valence-corrected chi connectivity index (χ3v) is 4.75. The number of aryl methyl sites for hydroxylation is 3. The molecule has 3 heterocycles. The molecule has 134 valence electrons.